The Balaban J connectivity index is 1.96. The van der Waals surface area contributed by atoms with E-state index in [0.29, 0.717) is 0 Å². The van der Waals surface area contributed by atoms with Crippen LogP contribution in [0.3, 0.4) is 0 Å². The Morgan fingerprint density at radius 1 is 1.46 bits per heavy atom. The van der Waals surface area contributed by atoms with Gasteiger partial charge in [0.2, 0.25) is 11.8 Å². The van der Waals surface area contributed by atoms with Crippen LogP contribution in [0.15, 0.2) is 5.11 Å². The van der Waals surface area contributed by atoms with E-state index >= 15 is 0 Å². The maximum atomic E-state index is 11.3. The number of nitrogens with zero attached hydrogens (tertiary/aromatic N) is 4. The smallest absolute Gasteiger partial charge is 0.233 e. The maximum absolute atomic E-state index is 11.3. The predicted octanol–water partition coefficient (Wildman–Crippen LogP) is 0.302. The molecule has 1 aliphatic carbocycles. The lowest BCUT2D eigenvalue weighted by atomic mass is 10.4. The molecule has 0 aromatic carbocycles. The quantitative estimate of drug-likeness (QED) is 0.270. The van der Waals surface area contributed by atoms with Crippen molar-refractivity contribution in [2.24, 2.45) is 17.0 Å². The van der Waals surface area contributed by atoms with E-state index in [2.05, 4.69) is 10.0 Å². The minimum Gasteiger partial charge on any atom is -0.282 e. The zero-order chi connectivity index (χ0) is 9.42. The van der Waals surface area contributed by atoms with Crippen LogP contribution in [0.4, 0.5) is 0 Å². The standard InChI is InChI=1S/C7H8N4O2/c8-10-9-1-2-11-6(12)4-3-5(4)7(11)13/h4-5H,1-3H2. The summed E-state index contributed by atoms with van der Waals surface area (Å²) in [5, 5.41) is 3.28. The van der Waals surface area contributed by atoms with E-state index in [-0.39, 0.29) is 36.7 Å². The number of fused-ring (bicyclic) bond motifs is 1. The van der Waals surface area contributed by atoms with Gasteiger partial charge in [-0.05, 0) is 12.0 Å². The van der Waals surface area contributed by atoms with Crippen LogP contribution in [0.5, 0.6) is 0 Å². The molecular formula is C7H8N4O2. The van der Waals surface area contributed by atoms with Crippen molar-refractivity contribution in [3.05, 3.63) is 10.4 Å². The molecule has 0 radical (unpaired) electrons. The molecule has 1 aliphatic heterocycles. The summed E-state index contributed by atoms with van der Waals surface area (Å²) in [5.74, 6) is -0.302. The number of azide groups is 1. The topological polar surface area (TPSA) is 86.1 Å². The minimum absolute atomic E-state index is 0.0569. The molecule has 6 heteroatoms. The van der Waals surface area contributed by atoms with Gasteiger partial charge in [0.25, 0.3) is 0 Å². The Kier molecular flexibility index (Phi) is 1.70. The predicted molar refractivity (Wildman–Crippen MR) is 42.3 cm³/mol. The van der Waals surface area contributed by atoms with Crippen molar-refractivity contribution in [3.63, 3.8) is 0 Å². The van der Waals surface area contributed by atoms with E-state index in [9.17, 15) is 9.59 Å². The largest absolute Gasteiger partial charge is 0.282 e. The number of imide groups is 1. The second-order valence-corrected chi connectivity index (χ2v) is 3.23. The summed E-state index contributed by atoms with van der Waals surface area (Å²) in [6, 6.07) is 0. The summed E-state index contributed by atoms with van der Waals surface area (Å²) in [5.41, 5.74) is 8.00. The Labute approximate surface area is 74.1 Å². The summed E-state index contributed by atoms with van der Waals surface area (Å²) in [6.45, 7) is 0.405. The third-order valence-electron chi connectivity index (χ3n) is 2.44. The number of piperidine rings is 1. The average molecular weight is 180 g/mol. The molecule has 68 valence electrons. The van der Waals surface area contributed by atoms with Gasteiger partial charge in [0.1, 0.15) is 0 Å². The lowest BCUT2D eigenvalue weighted by Gasteiger charge is -2.13. The van der Waals surface area contributed by atoms with Gasteiger partial charge in [0, 0.05) is 18.0 Å². The number of amides is 2. The van der Waals surface area contributed by atoms with Crippen molar-refractivity contribution >= 4 is 11.8 Å². The fourth-order valence-electron chi connectivity index (χ4n) is 1.66. The average Bonchev–Trinajstić information content (AvgIpc) is 2.85. The van der Waals surface area contributed by atoms with Gasteiger partial charge in [-0.2, -0.15) is 0 Å². The number of hydrogen-bond donors (Lipinski definition) is 0. The molecular weight excluding hydrogens is 172 g/mol. The molecule has 0 N–H and O–H groups in total. The number of rotatable bonds is 3. The monoisotopic (exact) mass is 180 g/mol. The lowest BCUT2D eigenvalue weighted by molar-refractivity contribution is -0.141. The van der Waals surface area contributed by atoms with Crippen LogP contribution in [0.25, 0.3) is 10.4 Å². The SMILES string of the molecule is [N-]=[N+]=NCCN1C(=O)C2CC2C1=O. The fourth-order valence-corrected chi connectivity index (χ4v) is 1.66. The van der Waals surface area contributed by atoms with E-state index < -0.39 is 0 Å². The highest BCUT2D eigenvalue weighted by Gasteiger charge is 2.58. The van der Waals surface area contributed by atoms with Gasteiger partial charge in [-0.3, -0.25) is 14.5 Å². The maximum Gasteiger partial charge on any atom is 0.233 e. The Morgan fingerprint density at radius 3 is 2.62 bits per heavy atom. The van der Waals surface area contributed by atoms with E-state index in [4.69, 9.17) is 5.53 Å². The van der Waals surface area contributed by atoms with E-state index in [0.717, 1.165) is 6.42 Å². The van der Waals surface area contributed by atoms with Crippen LogP contribution in [0.2, 0.25) is 0 Å². The van der Waals surface area contributed by atoms with Gasteiger partial charge in [-0.1, -0.05) is 5.11 Å². The van der Waals surface area contributed by atoms with Crippen LogP contribution >= 0.6 is 0 Å². The first-order valence-electron chi connectivity index (χ1n) is 4.12. The summed E-state index contributed by atoms with van der Waals surface area (Å²) in [4.78, 5) is 26.4. The molecule has 0 aromatic rings. The molecule has 1 heterocycles. The van der Waals surface area contributed by atoms with Crippen molar-refractivity contribution in [2.75, 3.05) is 13.1 Å². The van der Waals surface area contributed by atoms with Crippen molar-refractivity contribution in [1.29, 1.82) is 0 Å². The summed E-state index contributed by atoms with van der Waals surface area (Å²) >= 11 is 0. The van der Waals surface area contributed by atoms with Gasteiger partial charge in [-0.25, -0.2) is 0 Å². The molecule has 2 unspecified atom stereocenters. The molecule has 2 atom stereocenters. The molecule has 1 saturated carbocycles. The third-order valence-corrected chi connectivity index (χ3v) is 2.44. The van der Waals surface area contributed by atoms with Crippen molar-refractivity contribution < 1.29 is 9.59 Å². The van der Waals surface area contributed by atoms with Crippen LogP contribution in [0, 0.1) is 11.8 Å². The van der Waals surface area contributed by atoms with E-state index in [1.165, 1.54) is 4.90 Å². The molecule has 1 saturated heterocycles. The summed E-state index contributed by atoms with van der Waals surface area (Å²) < 4.78 is 0. The highest BCUT2D eigenvalue weighted by atomic mass is 16.2. The first-order valence-corrected chi connectivity index (χ1v) is 4.12. The van der Waals surface area contributed by atoms with Gasteiger partial charge in [-0.15, -0.1) is 0 Å². The molecule has 0 spiro atoms. The van der Waals surface area contributed by atoms with E-state index in [1.54, 1.807) is 0 Å². The van der Waals surface area contributed by atoms with Gasteiger partial charge >= 0.3 is 0 Å². The Morgan fingerprint density at radius 2 is 2.08 bits per heavy atom. The van der Waals surface area contributed by atoms with Gasteiger partial charge in [0.15, 0.2) is 0 Å². The van der Waals surface area contributed by atoms with Crippen molar-refractivity contribution in [3.8, 4) is 0 Å². The first-order chi connectivity index (χ1) is 6.25. The highest BCUT2D eigenvalue weighted by Crippen LogP contribution is 2.46. The molecule has 0 bridgehead atoms. The Bertz CT molecular complexity index is 300. The lowest BCUT2D eigenvalue weighted by Crippen LogP contribution is -2.34. The second-order valence-electron chi connectivity index (χ2n) is 3.23. The van der Waals surface area contributed by atoms with Crippen LogP contribution in [-0.2, 0) is 9.59 Å². The molecule has 2 rings (SSSR count). The number of carbonyl (C=O) groups is 2. The fraction of sp³-hybridized carbons (Fsp3) is 0.714. The first kappa shape index (κ1) is 8.07. The van der Waals surface area contributed by atoms with Gasteiger partial charge in [0.05, 0.1) is 11.8 Å². The zero-order valence-corrected chi connectivity index (χ0v) is 6.88. The van der Waals surface area contributed by atoms with Gasteiger partial charge < -0.3 is 0 Å². The van der Waals surface area contributed by atoms with Crippen molar-refractivity contribution in [1.82, 2.24) is 4.90 Å². The molecule has 13 heavy (non-hydrogen) atoms. The Hall–Kier alpha value is -1.55. The van der Waals surface area contributed by atoms with Crippen LogP contribution < -0.4 is 0 Å². The van der Waals surface area contributed by atoms with Crippen LogP contribution in [0.1, 0.15) is 6.42 Å². The van der Waals surface area contributed by atoms with Crippen molar-refractivity contribution in [2.45, 2.75) is 6.42 Å². The summed E-state index contributed by atoms with van der Waals surface area (Å²) in [7, 11) is 0. The number of hydrogen-bond acceptors (Lipinski definition) is 3. The molecule has 0 aromatic heterocycles. The third kappa shape index (κ3) is 1.15. The molecule has 6 nitrogen and oxygen atoms in total. The minimum atomic E-state index is -0.0943. The second kappa shape index (κ2) is 2.74. The molecule has 2 amide bonds. The molecule has 2 aliphatic rings. The number of carbonyl (C=O) groups excluding carboxylic acids is 2. The normalized spacial score (nSPS) is 30.0. The molecule has 2 fully saturated rings. The van der Waals surface area contributed by atoms with E-state index in [1.807, 2.05) is 0 Å². The zero-order valence-electron chi connectivity index (χ0n) is 6.88. The highest BCUT2D eigenvalue weighted by molar-refractivity contribution is 6.08. The number of likely N-dealkylation sites (tertiary alicyclic amines) is 1. The summed E-state index contributed by atoms with van der Waals surface area (Å²) in [6.07, 6.45) is 0.718. The van der Waals surface area contributed by atoms with Crippen LogP contribution in [-0.4, -0.2) is 29.8 Å².